The van der Waals surface area contributed by atoms with Crippen LogP contribution in [0, 0.1) is 13.8 Å². The van der Waals surface area contributed by atoms with E-state index in [1.165, 1.54) is 4.90 Å². The van der Waals surface area contributed by atoms with E-state index in [1.807, 2.05) is 32.0 Å². The van der Waals surface area contributed by atoms with Crippen LogP contribution in [-0.4, -0.2) is 35.5 Å². The van der Waals surface area contributed by atoms with Crippen LogP contribution in [0.2, 0.25) is 0 Å². The Morgan fingerprint density at radius 2 is 2.08 bits per heavy atom. The molecule has 0 bridgehead atoms. The molecule has 0 aliphatic heterocycles. The van der Waals surface area contributed by atoms with Gasteiger partial charge in [0.15, 0.2) is 5.69 Å². The number of amides is 2. The summed E-state index contributed by atoms with van der Waals surface area (Å²) in [7, 11) is 1.58. The number of aryl methyl sites for hydroxylation is 1. The molecule has 24 heavy (non-hydrogen) atoms. The van der Waals surface area contributed by atoms with Crippen molar-refractivity contribution < 1.29 is 14.1 Å². The van der Waals surface area contributed by atoms with Crippen LogP contribution < -0.4 is 5.32 Å². The number of hydrogen-bond acceptors (Lipinski definition) is 4. The molecule has 6 heteroatoms. The van der Waals surface area contributed by atoms with E-state index in [-0.39, 0.29) is 24.1 Å². The van der Waals surface area contributed by atoms with Gasteiger partial charge in [-0.25, -0.2) is 0 Å². The molecule has 1 saturated carbocycles. The Bertz CT molecular complexity index is 778. The molecule has 1 N–H and O–H groups in total. The highest BCUT2D eigenvalue weighted by atomic mass is 16.5. The van der Waals surface area contributed by atoms with E-state index < -0.39 is 0 Å². The first-order valence-electron chi connectivity index (χ1n) is 8.04. The van der Waals surface area contributed by atoms with Crippen LogP contribution in [0.15, 0.2) is 28.8 Å². The van der Waals surface area contributed by atoms with Crippen molar-refractivity contribution in [2.45, 2.75) is 32.6 Å². The van der Waals surface area contributed by atoms with Gasteiger partial charge in [-0.3, -0.25) is 9.59 Å². The fraction of sp³-hybridized carbons (Fsp3) is 0.389. The third-order valence-corrected chi connectivity index (χ3v) is 4.33. The van der Waals surface area contributed by atoms with Crippen LogP contribution >= 0.6 is 0 Å². The maximum Gasteiger partial charge on any atom is 0.276 e. The van der Waals surface area contributed by atoms with Gasteiger partial charge in [0.2, 0.25) is 5.91 Å². The third kappa shape index (κ3) is 3.48. The number of carbonyl (C=O) groups is 2. The van der Waals surface area contributed by atoms with Crippen LogP contribution in [0.4, 0.5) is 5.69 Å². The van der Waals surface area contributed by atoms with E-state index in [0.717, 1.165) is 35.4 Å². The van der Waals surface area contributed by atoms with Gasteiger partial charge in [0.1, 0.15) is 5.76 Å². The Balaban J connectivity index is 1.60. The minimum absolute atomic E-state index is 0.0438. The summed E-state index contributed by atoms with van der Waals surface area (Å²) in [5, 5.41) is 6.66. The molecule has 2 aromatic rings. The van der Waals surface area contributed by atoms with Crippen molar-refractivity contribution in [1.82, 2.24) is 10.1 Å². The van der Waals surface area contributed by atoms with Gasteiger partial charge in [0, 0.05) is 24.7 Å². The van der Waals surface area contributed by atoms with E-state index in [2.05, 4.69) is 10.5 Å². The molecule has 6 nitrogen and oxygen atoms in total. The van der Waals surface area contributed by atoms with Crippen molar-refractivity contribution in [3.05, 3.63) is 46.8 Å². The van der Waals surface area contributed by atoms with Crippen LogP contribution in [0.1, 0.15) is 46.1 Å². The summed E-state index contributed by atoms with van der Waals surface area (Å²) in [5.74, 6) is 0.593. The van der Waals surface area contributed by atoms with Gasteiger partial charge in [0.05, 0.1) is 6.54 Å². The smallest absolute Gasteiger partial charge is 0.276 e. The number of rotatable bonds is 5. The standard InChI is InChI=1S/C18H21N3O3/c1-11-5-4-6-14(12(11)2)19-17(22)10-21(3)18(23)15-9-16(24-20-15)13-7-8-13/h4-6,9,13H,7-8,10H2,1-3H3,(H,19,22). The first-order valence-corrected chi connectivity index (χ1v) is 8.04. The zero-order chi connectivity index (χ0) is 17.3. The molecular weight excluding hydrogens is 306 g/mol. The Hall–Kier alpha value is -2.63. The Labute approximate surface area is 140 Å². The van der Waals surface area contributed by atoms with Gasteiger partial charge in [-0.15, -0.1) is 0 Å². The minimum Gasteiger partial charge on any atom is -0.360 e. The second kappa shape index (κ2) is 6.47. The van der Waals surface area contributed by atoms with Crippen molar-refractivity contribution >= 4 is 17.5 Å². The summed E-state index contributed by atoms with van der Waals surface area (Å²) in [6, 6.07) is 7.41. The van der Waals surface area contributed by atoms with Crippen molar-refractivity contribution in [1.29, 1.82) is 0 Å². The van der Waals surface area contributed by atoms with Crippen LogP contribution in [0.3, 0.4) is 0 Å². The molecular formula is C18H21N3O3. The number of nitrogens with zero attached hydrogens (tertiary/aromatic N) is 2. The number of aromatic nitrogens is 1. The highest BCUT2D eigenvalue weighted by Crippen LogP contribution is 2.40. The predicted octanol–water partition coefficient (Wildman–Crippen LogP) is 2.88. The van der Waals surface area contributed by atoms with Gasteiger partial charge >= 0.3 is 0 Å². The molecule has 1 aromatic carbocycles. The molecule has 1 aromatic heterocycles. The molecule has 2 amide bonds. The molecule has 126 valence electrons. The molecule has 0 radical (unpaired) electrons. The molecule has 0 saturated heterocycles. The van der Waals surface area contributed by atoms with E-state index in [9.17, 15) is 9.59 Å². The Morgan fingerprint density at radius 3 is 2.79 bits per heavy atom. The summed E-state index contributed by atoms with van der Waals surface area (Å²) in [4.78, 5) is 25.9. The molecule has 1 heterocycles. The van der Waals surface area contributed by atoms with Crippen LogP contribution in [0.5, 0.6) is 0 Å². The molecule has 0 spiro atoms. The van der Waals surface area contributed by atoms with Crippen LogP contribution in [0.25, 0.3) is 0 Å². The van der Waals surface area contributed by atoms with Gasteiger partial charge in [-0.05, 0) is 43.9 Å². The minimum atomic E-state index is -0.318. The van der Waals surface area contributed by atoms with Gasteiger partial charge in [-0.2, -0.15) is 0 Å². The highest BCUT2D eigenvalue weighted by Gasteiger charge is 2.29. The monoisotopic (exact) mass is 327 g/mol. The van der Waals surface area contributed by atoms with Crippen LogP contribution in [-0.2, 0) is 4.79 Å². The zero-order valence-corrected chi connectivity index (χ0v) is 14.1. The topological polar surface area (TPSA) is 75.4 Å². The maximum absolute atomic E-state index is 12.3. The number of benzene rings is 1. The summed E-state index contributed by atoms with van der Waals surface area (Å²) >= 11 is 0. The lowest BCUT2D eigenvalue weighted by molar-refractivity contribution is -0.116. The number of nitrogens with one attached hydrogen (secondary N) is 1. The quantitative estimate of drug-likeness (QED) is 0.916. The second-order valence-electron chi connectivity index (χ2n) is 6.35. The number of hydrogen-bond donors (Lipinski definition) is 1. The third-order valence-electron chi connectivity index (χ3n) is 4.33. The van der Waals surface area contributed by atoms with E-state index in [1.54, 1.807) is 13.1 Å². The molecule has 1 fully saturated rings. The molecule has 3 rings (SSSR count). The Morgan fingerprint density at radius 1 is 1.33 bits per heavy atom. The van der Waals surface area contributed by atoms with Crippen molar-refractivity contribution in [3.63, 3.8) is 0 Å². The predicted molar refractivity (Wildman–Crippen MR) is 90.0 cm³/mol. The normalized spacial score (nSPS) is 13.6. The molecule has 1 aliphatic carbocycles. The Kier molecular flexibility index (Phi) is 4.38. The molecule has 0 unspecified atom stereocenters. The summed E-state index contributed by atoms with van der Waals surface area (Å²) in [6.45, 7) is 3.90. The highest BCUT2D eigenvalue weighted by molar-refractivity contribution is 5.98. The first kappa shape index (κ1) is 16.2. The van der Waals surface area contributed by atoms with Gasteiger partial charge in [0.25, 0.3) is 5.91 Å². The SMILES string of the molecule is Cc1cccc(NC(=O)CN(C)C(=O)c2cc(C3CC3)on2)c1C. The summed E-state index contributed by atoms with van der Waals surface area (Å²) in [6.07, 6.45) is 2.16. The summed E-state index contributed by atoms with van der Waals surface area (Å²) < 4.78 is 5.19. The lowest BCUT2D eigenvalue weighted by Gasteiger charge is -2.16. The van der Waals surface area contributed by atoms with Crippen molar-refractivity contribution in [2.75, 3.05) is 18.9 Å². The fourth-order valence-corrected chi connectivity index (χ4v) is 2.51. The lowest BCUT2D eigenvalue weighted by Crippen LogP contribution is -2.35. The fourth-order valence-electron chi connectivity index (χ4n) is 2.51. The number of likely N-dealkylation sites (N-methyl/N-ethyl adjacent to an activating group) is 1. The molecule has 0 atom stereocenters. The lowest BCUT2D eigenvalue weighted by atomic mass is 10.1. The summed E-state index contributed by atoms with van der Waals surface area (Å²) in [5.41, 5.74) is 3.13. The average Bonchev–Trinajstić information content (AvgIpc) is 3.28. The van der Waals surface area contributed by atoms with E-state index in [0.29, 0.717) is 5.92 Å². The van der Waals surface area contributed by atoms with E-state index in [4.69, 9.17) is 4.52 Å². The van der Waals surface area contributed by atoms with Gasteiger partial charge < -0.3 is 14.7 Å². The zero-order valence-electron chi connectivity index (χ0n) is 14.1. The average molecular weight is 327 g/mol. The van der Waals surface area contributed by atoms with Gasteiger partial charge in [-0.1, -0.05) is 17.3 Å². The number of carbonyl (C=O) groups excluding carboxylic acids is 2. The van der Waals surface area contributed by atoms with Crippen molar-refractivity contribution in [2.24, 2.45) is 0 Å². The van der Waals surface area contributed by atoms with E-state index >= 15 is 0 Å². The number of anilines is 1. The maximum atomic E-state index is 12.3. The first-order chi connectivity index (χ1) is 11.5. The second-order valence-corrected chi connectivity index (χ2v) is 6.35. The largest absolute Gasteiger partial charge is 0.360 e. The molecule has 1 aliphatic rings. The van der Waals surface area contributed by atoms with Crippen molar-refractivity contribution in [3.8, 4) is 0 Å².